The van der Waals surface area contributed by atoms with E-state index in [1.54, 1.807) is 12.1 Å². The maximum absolute atomic E-state index is 13.1. The van der Waals surface area contributed by atoms with Crippen molar-refractivity contribution in [2.24, 2.45) is 5.92 Å². The van der Waals surface area contributed by atoms with Crippen LogP contribution >= 0.6 is 0 Å². The Balaban J connectivity index is 1.70. The molecule has 28 heavy (non-hydrogen) atoms. The SMILES string of the molecule is CCOc1ccc(OCCNC(=O)CNC(c2ccc(F)cc2)C(C)C)cc1. The van der Waals surface area contributed by atoms with Gasteiger partial charge >= 0.3 is 0 Å². The number of carbonyl (C=O) groups excluding carboxylic acids is 1. The summed E-state index contributed by atoms with van der Waals surface area (Å²) in [6.45, 7) is 7.66. The molecule has 2 aromatic carbocycles. The van der Waals surface area contributed by atoms with E-state index >= 15 is 0 Å². The van der Waals surface area contributed by atoms with Gasteiger partial charge in [-0.1, -0.05) is 26.0 Å². The lowest BCUT2D eigenvalue weighted by Gasteiger charge is -2.22. The molecule has 0 saturated heterocycles. The van der Waals surface area contributed by atoms with E-state index in [9.17, 15) is 9.18 Å². The fourth-order valence-corrected chi connectivity index (χ4v) is 2.83. The predicted molar refractivity (Wildman–Crippen MR) is 108 cm³/mol. The monoisotopic (exact) mass is 388 g/mol. The molecule has 152 valence electrons. The highest BCUT2D eigenvalue weighted by Crippen LogP contribution is 2.21. The molecule has 1 unspecified atom stereocenters. The second kappa shape index (κ2) is 11.3. The lowest BCUT2D eigenvalue weighted by atomic mass is 9.96. The molecule has 0 fully saturated rings. The average Bonchev–Trinajstić information content (AvgIpc) is 2.68. The van der Waals surface area contributed by atoms with Gasteiger partial charge in [0.15, 0.2) is 0 Å². The first-order valence-corrected chi connectivity index (χ1v) is 9.60. The smallest absolute Gasteiger partial charge is 0.234 e. The number of amides is 1. The van der Waals surface area contributed by atoms with Crippen molar-refractivity contribution < 1.29 is 18.7 Å². The molecule has 0 aromatic heterocycles. The summed E-state index contributed by atoms with van der Waals surface area (Å²) in [4.78, 5) is 12.1. The highest BCUT2D eigenvalue weighted by molar-refractivity contribution is 5.78. The van der Waals surface area contributed by atoms with Gasteiger partial charge in [-0.15, -0.1) is 0 Å². The van der Waals surface area contributed by atoms with Crippen LogP contribution < -0.4 is 20.1 Å². The molecule has 0 aliphatic rings. The number of hydrogen-bond donors (Lipinski definition) is 2. The summed E-state index contributed by atoms with van der Waals surface area (Å²) in [5.74, 6) is 1.42. The molecule has 0 aliphatic carbocycles. The Kier molecular flexibility index (Phi) is 8.75. The van der Waals surface area contributed by atoms with E-state index in [0.29, 0.717) is 19.8 Å². The summed E-state index contributed by atoms with van der Waals surface area (Å²) in [5, 5.41) is 6.07. The van der Waals surface area contributed by atoms with E-state index in [-0.39, 0.29) is 30.2 Å². The Labute approximate surface area is 166 Å². The van der Waals surface area contributed by atoms with E-state index in [1.807, 2.05) is 31.2 Å². The number of hydrogen-bond acceptors (Lipinski definition) is 4. The van der Waals surface area contributed by atoms with Crippen molar-refractivity contribution in [1.29, 1.82) is 0 Å². The molecule has 0 saturated carbocycles. The zero-order valence-corrected chi connectivity index (χ0v) is 16.7. The van der Waals surface area contributed by atoms with Gasteiger partial charge in [-0.3, -0.25) is 4.79 Å². The van der Waals surface area contributed by atoms with Crippen molar-refractivity contribution >= 4 is 5.91 Å². The summed E-state index contributed by atoms with van der Waals surface area (Å²) < 4.78 is 24.1. The Hall–Kier alpha value is -2.60. The summed E-state index contributed by atoms with van der Waals surface area (Å²) in [5.41, 5.74) is 0.961. The van der Waals surface area contributed by atoms with Crippen LogP contribution in [0.4, 0.5) is 4.39 Å². The van der Waals surface area contributed by atoms with Gasteiger partial charge in [-0.2, -0.15) is 0 Å². The zero-order chi connectivity index (χ0) is 20.4. The molecule has 6 heteroatoms. The van der Waals surface area contributed by atoms with Gasteiger partial charge in [0.1, 0.15) is 23.9 Å². The third-order valence-electron chi connectivity index (χ3n) is 4.21. The lowest BCUT2D eigenvalue weighted by molar-refractivity contribution is -0.120. The highest BCUT2D eigenvalue weighted by atomic mass is 19.1. The maximum Gasteiger partial charge on any atom is 0.234 e. The fourth-order valence-electron chi connectivity index (χ4n) is 2.83. The van der Waals surface area contributed by atoms with Crippen LogP contribution in [0.3, 0.4) is 0 Å². The van der Waals surface area contributed by atoms with Gasteiger partial charge in [0.05, 0.1) is 19.7 Å². The third kappa shape index (κ3) is 7.19. The van der Waals surface area contributed by atoms with E-state index in [0.717, 1.165) is 17.1 Å². The molecule has 1 atom stereocenters. The van der Waals surface area contributed by atoms with E-state index in [2.05, 4.69) is 24.5 Å². The minimum absolute atomic E-state index is 0.0218. The molecule has 0 spiro atoms. The molecule has 2 aromatic rings. The number of ether oxygens (including phenoxy) is 2. The first-order valence-electron chi connectivity index (χ1n) is 9.60. The maximum atomic E-state index is 13.1. The minimum atomic E-state index is -0.267. The number of benzene rings is 2. The van der Waals surface area contributed by atoms with Crippen LogP contribution in [0.15, 0.2) is 48.5 Å². The van der Waals surface area contributed by atoms with E-state index < -0.39 is 0 Å². The number of rotatable bonds is 11. The molecule has 0 aliphatic heterocycles. The molecule has 0 heterocycles. The van der Waals surface area contributed by atoms with Gasteiger partial charge in [0.25, 0.3) is 0 Å². The van der Waals surface area contributed by atoms with E-state index in [1.165, 1.54) is 12.1 Å². The Morgan fingerprint density at radius 3 is 2.18 bits per heavy atom. The third-order valence-corrected chi connectivity index (χ3v) is 4.21. The average molecular weight is 388 g/mol. The Bertz CT molecular complexity index is 718. The number of halogens is 1. The van der Waals surface area contributed by atoms with Gasteiger partial charge < -0.3 is 20.1 Å². The topological polar surface area (TPSA) is 59.6 Å². The van der Waals surface area contributed by atoms with Gasteiger partial charge in [-0.25, -0.2) is 4.39 Å². The second-order valence-electron chi connectivity index (χ2n) is 6.76. The van der Waals surface area contributed by atoms with Crippen LogP contribution in [-0.2, 0) is 4.79 Å². The minimum Gasteiger partial charge on any atom is -0.494 e. The van der Waals surface area contributed by atoms with Crippen molar-refractivity contribution in [2.45, 2.75) is 26.8 Å². The number of nitrogens with one attached hydrogen (secondary N) is 2. The molecular formula is C22H29FN2O3. The highest BCUT2D eigenvalue weighted by Gasteiger charge is 2.16. The molecule has 0 radical (unpaired) electrons. The largest absolute Gasteiger partial charge is 0.494 e. The van der Waals surface area contributed by atoms with Crippen LogP contribution in [0, 0.1) is 11.7 Å². The van der Waals surface area contributed by atoms with Crippen LogP contribution in [0.5, 0.6) is 11.5 Å². The standard InChI is InChI=1S/C22H29FN2O3/c1-4-27-19-9-11-20(12-10-19)28-14-13-24-21(26)15-25-22(16(2)3)17-5-7-18(23)8-6-17/h5-12,16,22,25H,4,13-15H2,1-3H3,(H,24,26). The molecule has 5 nitrogen and oxygen atoms in total. The van der Waals surface area contributed by atoms with Crippen molar-refractivity contribution in [3.8, 4) is 11.5 Å². The summed E-state index contributed by atoms with van der Waals surface area (Å²) in [6, 6.07) is 13.7. The van der Waals surface area contributed by atoms with Crippen molar-refractivity contribution in [2.75, 3.05) is 26.3 Å². The Morgan fingerprint density at radius 2 is 1.61 bits per heavy atom. The molecule has 0 bridgehead atoms. The van der Waals surface area contributed by atoms with Crippen molar-refractivity contribution in [3.05, 3.63) is 59.9 Å². The van der Waals surface area contributed by atoms with Gasteiger partial charge in [0.2, 0.25) is 5.91 Å². The van der Waals surface area contributed by atoms with Gasteiger partial charge in [0, 0.05) is 6.04 Å². The molecule has 2 N–H and O–H groups in total. The normalized spacial score (nSPS) is 11.9. The van der Waals surface area contributed by atoms with Crippen molar-refractivity contribution in [3.63, 3.8) is 0 Å². The second-order valence-corrected chi connectivity index (χ2v) is 6.76. The first-order chi connectivity index (χ1) is 13.5. The lowest BCUT2D eigenvalue weighted by Crippen LogP contribution is -2.38. The summed E-state index contributed by atoms with van der Waals surface area (Å²) >= 11 is 0. The predicted octanol–water partition coefficient (Wildman–Crippen LogP) is 3.71. The Morgan fingerprint density at radius 1 is 1.00 bits per heavy atom. The van der Waals surface area contributed by atoms with E-state index in [4.69, 9.17) is 9.47 Å². The summed E-state index contributed by atoms with van der Waals surface area (Å²) in [7, 11) is 0. The van der Waals surface area contributed by atoms with Crippen LogP contribution in [0.2, 0.25) is 0 Å². The van der Waals surface area contributed by atoms with Crippen LogP contribution in [0.25, 0.3) is 0 Å². The quantitative estimate of drug-likeness (QED) is 0.576. The number of carbonyl (C=O) groups is 1. The van der Waals surface area contributed by atoms with Crippen LogP contribution in [-0.4, -0.2) is 32.2 Å². The molecular weight excluding hydrogens is 359 g/mol. The summed E-state index contributed by atoms with van der Waals surface area (Å²) in [6.07, 6.45) is 0. The van der Waals surface area contributed by atoms with Crippen molar-refractivity contribution in [1.82, 2.24) is 10.6 Å². The van der Waals surface area contributed by atoms with Gasteiger partial charge in [-0.05, 0) is 54.8 Å². The van der Waals surface area contributed by atoms with Crippen LogP contribution in [0.1, 0.15) is 32.4 Å². The molecule has 2 rings (SSSR count). The fraction of sp³-hybridized carbons (Fsp3) is 0.409. The zero-order valence-electron chi connectivity index (χ0n) is 16.7. The molecule has 1 amide bonds. The first kappa shape index (κ1) is 21.7.